The maximum Gasteiger partial charge on any atom is 0.416 e. The first-order chi connectivity index (χ1) is 13.6. The zero-order chi connectivity index (χ0) is 20.9. The van der Waals surface area contributed by atoms with Crippen LogP contribution in [-0.2, 0) is 13.2 Å². The molecule has 0 atom stereocenters. The first-order valence-electron chi connectivity index (χ1n) is 8.52. The van der Waals surface area contributed by atoms with Crippen molar-refractivity contribution in [2.24, 2.45) is 7.05 Å². The highest BCUT2D eigenvalue weighted by atomic mass is 19.4. The van der Waals surface area contributed by atoms with E-state index < -0.39 is 17.6 Å². The smallest absolute Gasteiger partial charge is 0.368 e. The van der Waals surface area contributed by atoms with E-state index in [-0.39, 0.29) is 22.8 Å². The molecule has 0 bridgehead atoms. The molecule has 0 spiro atoms. The zero-order valence-corrected chi connectivity index (χ0v) is 15.4. The highest BCUT2D eigenvalue weighted by Gasteiger charge is 2.31. The summed E-state index contributed by atoms with van der Waals surface area (Å²) in [6, 6.07) is 8.50. The largest absolute Gasteiger partial charge is 0.416 e. The van der Waals surface area contributed by atoms with Gasteiger partial charge in [-0.3, -0.25) is 9.48 Å². The van der Waals surface area contributed by atoms with E-state index in [1.165, 1.54) is 10.7 Å². The van der Waals surface area contributed by atoms with Gasteiger partial charge in [0, 0.05) is 17.8 Å². The number of nitrogens with zero attached hydrogens (tertiary/aromatic N) is 4. The van der Waals surface area contributed by atoms with Gasteiger partial charge in [-0.05, 0) is 37.3 Å². The Morgan fingerprint density at radius 3 is 2.59 bits per heavy atom. The van der Waals surface area contributed by atoms with Crippen molar-refractivity contribution in [2.75, 3.05) is 11.1 Å². The number of hydrogen-bond acceptors (Lipinski definition) is 5. The minimum absolute atomic E-state index is 0.00316. The summed E-state index contributed by atoms with van der Waals surface area (Å²) in [5.41, 5.74) is 6.71. The number of aromatic nitrogens is 4. The van der Waals surface area contributed by atoms with Crippen molar-refractivity contribution in [3.05, 3.63) is 53.2 Å². The molecule has 0 saturated heterocycles. The summed E-state index contributed by atoms with van der Waals surface area (Å²) in [4.78, 5) is 21.0. The number of nitrogens with two attached hydrogens (primary N) is 1. The highest BCUT2D eigenvalue weighted by Crippen LogP contribution is 2.33. The molecule has 2 heterocycles. The van der Waals surface area contributed by atoms with Gasteiger partial charge in [-0.25, -0.2) is 9.97 Å². The van der Waals surface area contributed by atoms with Crippen LogP contribution in [-0.4, -0.2) is 25.7 Å². The van der Waals surface area contributed by atoms with Crippen LogP contribution >= 0.6 is 0 Å². The second-order valence-corrected chi connectivity index (χ2v) is 6.61. The monoisotopic (exact) mass is 400 g/mol. The van der Waals surface area contributed by atoms with E-state index >= 15 is 0 Å². The summed E-state index contributed by atoms with van der Waals surface area (Å²) in [5.74, 6) is -0.736. The van der Waals surface area contributed by atoms with E-state index in [1.54, 1.807) is 19.2 Å². The topological polar surface area (TPSA) is 98.7 Å². The van der Waals surface area contributed by atoms with Crippen molar-refractivity contribution in [1.82, 2.24) is 19.7 Å². The molecule has 0 radical (unpaired) electrons. The van der Waals surface area contributed by atoms with Crippen LogP contribution in [0.2, 0.25) is 0 Å². The maximum atomic E-state index is 13.1. The number of carbonyl (C=O) groups excluding carboxylic acids is 1. The van der Waals surface area contributed by atoms with Crippen LogP contribution in [0.25, 0.3) is 21.8 Å². The SMILES string of the molecule is Cc1ccc2nc(N)nc(C(=O)Nc3nn(C)c4ccc(C(F)(F)F)cc34)c2c1. The predicted octanol–water partition coefficient (Wildman–Crippen LogP) is 3.68. The molecule has 0 aliphatic heterocycles. The molecule has 0 saturated carbocycles. The van der Waals surface area contributed by atoms with Crippen molar-refractivity contribution < 1.29 is 18.0 Å². The molecule has 10 heteroatoms. The van der Waals surface area contributed by atoms with Crippen LogP contribution in [0.5, 0.6) is 0 Å². The van der Waals surface area contributed by atoms with E-state index in [0.29, 0.717) is 16.4 Å². The third kappa shape index (κ3) is 3.33. The standard InChI is InChI=1S/C19H15F3N6O/c1-9-3-5-13-11(7-9)15(25-18(23)24-13)17(29)26-16-12-8-10(19(20,21)22)4-6-14(12)28(2)27-16/h3-8H,1-2H3,(H2,23,24,25)(H,26,27,29). The Balaban J connectivity index is 1.81. The predicted molar refractivity (Wildman–Crippen MR) is 102 cm³/mol. The number of carbonyl (C=O) groups is 1. The molecule has 29 heavy (non-hydrogen) atoms. The number of fused-ring (bicyclic) bond motifs is 2. The summed E-state index contributed by atoms with van der Waals surface area (Å²) >= 11 is 0. The molecule has 148 valence electrons. The molecular weight excluding hydrogens is 385 g/mol. The second-order valence-electron chi connectivity index (χ2n) is 6.61. The van der Waals surface area contributed by atoms with Crippen molar-refractivity contribution in [3.63, 3.8) is 0 Å². The molecule has 0 fully saturated rings. The van der Waals surface area contributed by atoms with Gasteiger partial charge in [0.1, 0.15) is 5.69 Å². The zero-order valence-electron chi connectivity index (χ0n) is 15.4. The van der Waals surface area contributed by atoms with Crippen molar-refractivity contribution in [3.8, 4) is 0 Å². The van der Waals surface area contributed by atoms with E-state index in [0.717, 1.165) is 17.7 Å². The number of nitrogens with one attached hydrogen (secondary N) is 1. The van der Waals surface area contributed by atoms with Crippen LogP contribution in [0.15, 0.2) is 36.4 Å². The van der Waals surface area contributed by atoms with Gasteiger partial charge < -0.3 is 11.1 Å². The molecule has 2 aromatic carbocycles. The van der Waals surface area contributed by atoms with Gasteiger partial charge >= 0.3 is 6.18 Å². The lowest BCUT2D eigenvalue weighted by Crippen LogP contribution is -2.16. The number of nitrogen functional groups attached to an aromatic ring is 1. The third-order valence-corrected chi connectivity index (χ3v) is 4.49. The van der Waals surface area contributed by atoms with Gasteiger partial charge in [0.25, 0.3) is 5.91 Å². The molecule has 4 rings (SSSR count). The van der Waals surface area contributed by atoms with E-state index in [2.05, 4.69) is 20.4 Å². The van der Waals surface area contributed by atoms with Crippen LogP contribution in [0.3, 0.4) is 0 Å². The fraction of sp³-hybridized carbons (Fsp3) is 0.158. The van der Waals surface area contributed by atoms with Crippen LogP contribution in [0.4, 0.5) is 24.9 Å². The Morgan fingerprint density at radius 1 is 1.10 bits per heavy atom. The molecule has 7 nitrogen and oxygen atoms in total. The number of aryl methyl sites for hydroxylation is 2. The van der Waals surface area contributed by atoms with Gasteiger partial charge in [0.05, 0.1) is 16.6 Å². The number of anilines is 2. The Bertz CT molecular complexity index is 1280. The fourth-order valence-electron chi connectivity index (χ4n) is 3.13. The number of alkyl halides is 3. The Kier molecular flexibility index (Phi) is 4.14. The summed E-state index contributed by atoms with van der Waals surface area (Å²) < 4.78 is 40.7. The molecule has 0 aliphatic rings. The van der Waals surface area contributed by atoms with Gasteiger partial charge in [-0.15, -0.1) is 0 Å². The number of halogens is 3. The third-order valence-electron chi connectivity index (χ3n) is 4.49. The normalized spacial score (nSPS) is 11.9. The molecule has 1 amide bonds. The molecule has 0 unspecified atom stereocenters. The van der Waals surface area contributed by atoms with Crippen molar-refractivity contribution in [1.29, 1.82) is 0 Å². The van der Waals surface area contributed by atoms with Gasteiger partial charge in [-0.1, -0.05) is 11.6 Å². The lowest BCUT2D eigenvalue weighted by Gasteiger charge is -2.08. The highest BCUT2D eigenvalue weighted by molar-refractivity contribution is 6.13. The second kappa shape index (κ2) is 6.43. The quantitative estimate of drug-likeness (QED) is 0.535. The van der Waals surface area contributed by atoms with Crippen molar-refractivity contribution >= 4 is 39.5 Å². The summed E-state index contributed by atoms with van der Waals surface area (Å²) in [6.45, 7) is 1.85. The van der Waals surface area contributed by atoms with Crippen LogP contribution < -0.4 is 11.1 Å². The molecular formula is C19H15F3N6O. The Morgan fingerprint density at radius 2 is 1.86 bits per heavy atom. The van der Waals surface area contributed by atoms with E-state index in [4.69, 9.17) is 5.73 Å². The van der Waals surface area contributed by atoms with Crippen molar-refractivity contribution in [2.45, 2.75) is 13.1 Å². The molecule has 3 N–H and O–H groups in total. The Labute approximate surface area is 162 Å². The molecule has 4 aromatic rings. The number of amides is 1. The minimum Gasteiger partial charge on any atom is -0.368 e. The average Bonchev–Trinajstić information content (AvgIpc) is 2.96. The first kappa shape index (κ1) is 18.7. The van der Waals surface area contributed by atoms with Gasteiger partial charge in [0.15, 0.2) is 5.82 Å². The van der Waals surface area contributed by atoms with E-state index in [9.17, 15) is 18.0 Å². The lowest BCUT2D eigenvalue weighted by atomic mass is 10.1. The fourth-order valence-corrected chi connectivity index (χ4v) is 3.13. The maximum absolute atomic E-state index is 13.1. The summed E-state index contributed by atoms with van der Waals surface area (Å²) in [5, 5.41) is 7.34. The van der Waals surface area contributed by atoms with E-state index in [1.807, 2.05) is 13.0 Å². The average molecular weight is 400 g/mol. The lowest BCUT2D eigenvalue weighted by molar-refractivity contribution is -0.137. The summed E-state index contributed by atoms with van der Waals surface area (Å²) in [6.07, 6.45) is -4.51. The number of hydrogen-bond donors (Lipinski definition) is 2. The number of benzene rings is 2. The van der Waals surface area contributed by atoms with Crippen LogP contribution in [0.1, 0.15) is 21.6 Å². The van der Waals surface area contributed by atoms with Gasteiger partial charge in [0.2, 0.25) is 5.95 Å². The molecule has 2 aromatic heterocycles. The van der Waals surface area contributed by atoms with Gasteiger partial charge in [-0.2, -0.15) is 18.3 Å². The minimum atomic E-state index is -4.51. The molecule has 0 aliphatic carbocycles. The van der Waals surface area contributed by atoms with Crippen LogP contribution in [0, 0.1) is 6.92 Å². The first-order valence-corrected chi connectivity index (χ1v) is 8.52. The summed E-state index contributed by atoms with van der Waals surface area (Å²) in [7, 11) is 1.58. The number of rotatable bonds is 2. The Hall–Kier alpha value is -3.69.